The molecule has 4 nitrogen and oxygen atoms in total. The highest BCUT2D eigenvalue weighted by Gasteiger charge is 2.17. The fraction of sp³-hybridized carbons (Fsp3) is 0.207. The van der Waals surface area contributed by atoms with Crippen LogP contribution in [0.5, 0.6) is 0 Å². The molecule has 33 heavy (non-hydrogen) atoms. The van der Waals surface area contributed by atoms with Gasteiger partial charge in [0.2, 0.25) is 0 Å². The molecule has 0 spiro atoms. The second-order valence-corrected chi connectivity index (χ2v) is 8.68. The van der Waals surface area contributed by atoms with Gasteiger partial charge < -0.3 is 4.74 Å². The van der Waals surface area contributed by atoms with Gasteiger partial charge in [0.1, 0.15) is 0 Å². The Morgan fingerprint density at radius 3 is 2.64 bits per heavy atom. The Labute approximate surface area is 192 Å². The smallest absolute Gasteiger partial charge is 0.357 e. The predicted molar refractivity (Wildman–Crippen MR) is 133 cm³/mol. The van der Waals surface area contributed by atoms with E-state index in [4.69, 9.17) is 9.72 Å². The quantitative estimate of drug-likeness (QED) is 0.236. The van der Waals surface area contributed by atoms with E-state index in [1.807, 2.05) is 12.1 Å². The first-order valence-electron chi connectivity index (χ1n) is 11.6. The maximum atomic E-state index is 12.6. The van der Waals surface area contributed by atoms with E-state index in [-0.39, 0.29) is 0 Å². The summed E-state index contributed by atoms with van der Waals surface area (Å²) >= 11 is 0. The van der Waals surface area contributed by atoms with Crippen molar-refractivity contribution in [1.29, 1.82) is 0 Å². The van der Waals surface area contributed by atoms with Crippen molar-refractivity contribution in [1.82, 2.24) is 9.97 Å². The van der Waals surface area contributed by atoms with Crippen LogP contribution in [0.3, 0.4) is 0 Å². The number of carbonyl (C=O) groups excluding carboxylic acids is 1. The molecule has 0 fully saturated rings. The number of fused-ring (bicyclic) bond motifs is 6. The average Bonchev–Trinajstić information content (AvgIpc) is 2.87. The van der Waals surface area contributed by atoms with Crippen molar-refractivity contribution in [2.75, 3.05) is 6.61 Å². The molecule has 2 heterocycles. The van der Waals surface area contributed by atoms with Crippen molar-refractivity contribution >= 4 is 38.3 Å². The number of pyridine rings is 2. The van der Waals surface area contributed by atoms with Gasteiger partial charge >= 0.3 is 5.97 Å². The molecular formula is C29H24N2O2. The lowest BCUT2D eigenvalue weighted by molar-refractivity contribution is 0.0522. The van der Waals surface area contributed by atoms with Gasteiger partial charge in [-0.25, -0.2) is 9.78 Å². The Morgan fingerprint density at radius 1 is 0.879 bits per heavy atom. The molecule has 0 radical (unpaired) electrons. The first-order valence-corrected chi connectivity index (χ1v) is 11.6. The monoisotopic (exact) mass is 432 g/mol. The summed E-state index contributed by atoms with van der Waals surface area (Å²) in [5.74, 6) is -0.410. The highest BCUT2D eigenvalue weighted by molar-refractivity contribution is 6.10. The number of benzene rings is 3. The molecule has 0 amide bonds. The van der Waals surface area contributed by atoms with Crippen molar-refractivity contribution in [3.63, 3.8) is 0 Å². The van der Waals surface area contributed by atoms with Crippen LogP contribution in [0.25, 0.3) is 43.6 Å². The first kappa shape index (κ1) is 19.9. The van der Waals surface area contributed by atoms with Gasteiger partial charge in [0.05, 0.1) is 12.3 Å². The lowest BCUT2D eigenvalue weighted by atomic mass is 9.86. The zero-order valence-corrected chi connectivity index (χ0v) is 18.6. The lowest BCUT2D eigenvalue weighted by Gasteiger charge is -2.19. The van der Waals surface area contributed by atoms with Crippen molar-refractivity contribution in [2.45, 2.75) is 32.6 Å². The van der Waals surface area contributed by atoms with Crippen LogP contribution >= 0.6 is 0 Å². The van der Waals surface area contributed by atoms with E-state index in [1.54, 1.807) is 19.3 Å². The topological polar surface area (TPSA) is 52.1 Å². The normalized spacial score (nSPS) is 13.4. The molecular weight excluding hydrogens is 408 g/mol. The van der Waals surface area contributed by atoms with E-state index < -0.39 is 5.97 Å². The predicted octanol–water partition coefficient (Wildman–Crippen LogP) is 6.66. The van der Waals surface area contributed by atoms with Gasteiger partial charge in [0, 0.05) is 28.7 Å². The van der Waals surface area contributed by atoms with Gasteiger partial charge in [0.15, 0.2) is 5.69 Å². The van der Waals surface area contributed by atoms with Crippen LogP contribution < -0.4 is 0 Å². The number of esters is 1. The van der Waals surface area contributed by atoms with Crippen LogP contribution in [0, 0.1) is 0 Å². The number of ether oxygens (including phenoxy) is 1. The summed E-state index contributed by atoms with van der Waals surface area (Å²) < 4.78 is 5.27. The summed E-state index contributed by atoms with van der Waals surface area (Å²) in [7, 11) is 0. The second kappa shape index (κ2) is 7.96. The lowest BCUT2D eigenvalue weighted by Crippen LogP contribution is -2.08. The molecule has 6 rings (SSSR count). The Morgan fingerprint density at radius 2 is 1.73 bits per heavy atom. The molecule has 4 heteroatoms. The molecule has 0 atom stereocenters. The summed E-state index contributed by atoms with van der Waals surface area (Å²) in [6.45, 7) is 2.11. The number of carbonyl (C=O) groups is 1. The molecule has 0 saturated heterocycles. The summed E-state index contributed by atoms with van der Waals surface area (Å²) in [6, 6.07) is 19.3. The highest BCUT2D eigenvalue weighted by atomic mass is 16.5. The molecule has 0 aliphatic heterocycles. The maximum Gasteiger partial charge on any atom is 0.357 e. The summed E-state index contributed by atoms with van der Waals surface area (Å²) in [6.07, 6.45) is 8.36. The third kappa shape index (κ3) is 3.34. The van der Waals surface area contributed by atoms with Crippen LogP contribution in [-0.2, 0) is 17.6 Å². The summed E-state index contributed by atoms with van der Waals surface area (Å²) in [4.78, 5) is 21.6. The zero-order chi connectivity index (χ0) is 22.4. The molecule has 0 bridgehead atoms. The van der Waals surface area contributed by atoms with Crippen LogP contribution in [0.1, 0.15) is 41.4 Å². The van der Waals surface area contributed by atoms with Crippen LogP contribution in [0.4, 0.5) is 0 Å². The van der Waals surface area contributed by atoms with Crippen LogP contribution in [0.2, 0.25) is 0 Å². The van der Waals surface area contributed by atoms with Gasteiger partial charge in [-0.05, 0) is 83.5 Å². The number of aryl methyl sites for hydroxylation is 2. The molecule has 3 aromatic carbocycles. The Kier molecular flexibility index (Phi) is 4.79. The third-order valence-electron chi connectivity index (χ3n) is 6.74. The Hall–Kier alpha value is -3.79. The number of nitrogens with zero attached hydrogens (tertiary/aromatic N) is 2. The Bertz CT molecular complexity index is 1550. The number of aromatic nitrogens is 2. The van der Waals surface area contributed by atoms with Gasteiger partial charge in [-0.2, -0.15) is 0 Å². The summed E-state index contributed by atoms with van der Waals surface area (Å²) in [5.41, 5.74) is 5.07. The van der Waals surface area contributed by atoms with E-state index in [1.165, 1.54) is 58.4 Å². The maximum absolute atomic E-state index is 12.6. The SMILES string of the molecule is CCOC(=O)c1nc(-c2ccc3c(ccc4c5c(ccc43)CCCC5)c2)cc2cnccc12. The summed E-state index contributed by atoms with van der Waals surface area (Å²) in [5, 5.41) is 6.73. The number of rotatable bonds is 3. The van der Waals surface area contributed by atoms with Crippen molar-refractivity contribution in [3.8, 4) is 11.3 Å². The van der Waals surface area contributed by atoms with Gasteiger partial charge in [-0.3, -0.25) is 4.98 Å². The third-order valence-corrected chi connectivity index (χ3v) is 6.74. The molecule has 0 N–H and O–H groups in total. The molecule has 0 unspecified atom stereocenters. The molecule has 5 aromatic rings. The second-order valence-electron chi connectivity index (χ2n) is 8.68. The average molecular weight is 433 g/mol. The first-order chi connectivity index (χ1) is 16.2. The van der Waals surface area contributed by atoms with Crippen molar-refractivity contribution in [3.05, 3.63) is 83.8 Å². The molecule has 1 aliphatic rings. The van der Waals surface area contributed by atoms with E-state index >= 15 is 0 Å². The van der Waals surface area contributed by atoms with Crippen molar-refractivity contribution in [2.24, 2.45) is 0 Å². The minimum Gasteiger partial charge on any atom is -0.461 e. The van der Waals surface area contributed by atoms with E-state index in [0.717, 1.165) is 22.0 Å². The Balaban J connectivity index is 1.52. The molecule has 2 aromatic heterocycles. The molecule has 162 valence electrons. The van der Waals surface area contributed by atoms with Crippen molar-refractivity contribution < 1.29 is 9.53 Å². The molecule has 0 saturated carbocycles. The highest BCUT2D eigenvalue weighted by Crippen LogP contribution is 2.35. The van der Waals surface area contributed by atoms with Crippen LogP contribution in [0.15, 0.2) is 67.0 Å². The van der Waals surface area contributed by atoms with E-state index in [2.05, 4.69) is 47.4 Å². The standard InChI is InChI=1S/C29H24N2O2/c1-2-33-29(32)28-24-13-14-30-17-21(24)16-27(31-28)20-9-10-23-19(15-20)8-12-25-22-6-4-3-5-18(22)7-11-26(23)25/h7-17H,2-6H2,1H3. The zero-order valence-electron chi connectivity index (χ0n) is 18.6. The minimum atomic E-state index is -0.410. The fourth-order valence-corrected chi connectivity index (χ4v) is 5.16. The van der Waals surface area contributed by atoms with Crippen LogP contribution in [-0.4, -0.2) is 22.5 Å². The minimum absolute atomic E-state index is 0.310. The van der Waals surface area contributed by atoms with E-state index in [9.17, 15) is 4.79 Å². The van der Waals surface area contributed by atoms with Gasteiger partial charge in [-0.15, -0.1) is 0 Å². The fourth-order valence-electron chi connectivity index (χ4n) is 5.16. The van der Waals surface area contributed by atoms with E-state index in [0.29, 0.717) is 12.3 Å². The number of hydrogen-bond acceptors (Lipinski definition) is 4. The largest absolute Gasteiger partial charge is 0.461 e. The number of hydrogen-bond donors (Lipinski definition) is 0. The molecule has 1 aliphatic carbocycles. The van der Waals surface area contributed by atoms with Gasteiger partial charge in [-0.1, -0.05) is 36.4 Å². The van der Waals surface area contributed by atoms with Gasteiger partial charge in [0.25, 0.3) is 0 Å².